The molecule has 1 aromatic rings. The SMILES string of the molecule is CCN1CCN(NC(=O)c2cc(Cl)c(N)cc2OC)CC1. The Hall–Kier alpha value is -1.50. The number of nitrogens with one attached hydrogen (secondary N) is 1. The zero-order valence-corrected chi connectivity index (χ0v) is 13.1. The zero-order chi connectivity index (χ0) is 15.4. The van der Waals surface area contributed by atoms with Gasteiger partial charge >= 0.3 is 0 Å². The number of nitrogen functional groups attached to an aromatic ring is 1. The number of piperazine rings is 1. The molecule has 21 heavy (non-hydrogen) atoms. The van der Waals surface area contributed by atoms with Crippen LogP contribution in [0.4, 0.5) is 5.69 Å². The lowest BCUT2D eigenvalue weighted by molar-refractivity contribution is 0.0628. The molecule has 0 unspecified atom stereocenters. The number of anilines is 1. The number of likely N-dealkylation sites (N-methyl/N-ethyl adjacent to an activating group) is 1. The van der Waals surface area contributed by atoms with Gasteiger partial charge in [0.1, 0.15) is 5.75 Å². The van der Waals surface area contributed by atoms with Crippen LogP contribution in [0.2, 0.25) is 5.02 Å². The number of nitrogens with two attached hydrogens (primary N) is 1. The first-order valence-corrected chi connectivity index (χ1v) is 7.34. The van der Waals surface area contributed by atoms with Crippen LogP contribution in [-0.2, 0) is 0 Å². The first-order valence-electron chi connectivity index (χ1n) is 6.96. The standard InChI is InChI=1S/C14H21ClN4O2/c1-3-18-4-6-19(7-5-18)17-14(20)10-8-11(15)12(16)9-13(10)21-2/h8-9H,3-7,16H2,1-2H3,(H,17,20). The number of ether oxygens (including phenoxy) is 1. The second-order valence-electron chi connectivity index (χ2n) is 4.94. The zero-order valence-electron chi connectivity index (χ0n) is 12.4. The normalized spacial score (nSPS) is 16.7. The third kappa shape index (κ3) is 3.78. The molecule has 1 aromatic carbocycles. The fraction of sp³-hybridized carbons (Fsp3) is 0.500. The van der Waals surface area contributed by atoms with Crippen LogP contribution in [0.5, 0.6) is 5.75 Å². The van der Waals surface area contributed by atoms with Crippen molar-refractivity contribution in [2.75, 3.05) is 45.6 Å². The molecular weight excluding hydrogens is 292 g/mol. The number of carbonyl (C=O) groups excluding carboxylic acids is 1. The molecule has 7 heteroatoms. The topological polar surface area (TPSA) is 70.8 Å². The number of halogens is 1. The van der Waals surface area contributed by atoms with Gasteiger partial charge in [0, 0.05) is 32.2 Å². The summed E-state index contributed by atoms with van der Waals surface area (Å²) in [6, 6.07) is 3.10. The van der Waals surface area contributed by atoms with E-state index in [2.05, 4.69) is 17.2 Å². The summed E-state index contributed by atoms with van der Waals surface area (Å²) in [7, 11) is 1.50. The maximum Gasteiger partial charge on any atom is 0.269 e. The highest BCUT2D eigenvalue weighted by molar-refractivity contribution is 6.33. The smallest absolute Gasteiger partial charge is 0.269 e. The third-order valence-corrected chi connectivity index (χ3v) is 3.97. The lowest BCUT2D eigenvalue weighted by Crippen LogP contribution is -2.53. The maximum absolute atomic E-state index is 12.4. The Morgan fingerprint density at radius 2 is 2.05 bits per heavy atom. The third-order valence-electron chi connectivity index (χ3n) is 3.64. The van der Waals surface area contributed by atoms with E-state index in [9.17, 15) is 4.79 Å². The number of benzene rings is 1. The molecule has 2 rings (SSSR count). The fourth-order valence-electron chi connectivity index (χ4n) is 2.30. The van der Waals surface area contributed by atoms with Crippen LogP contribution in [0.1, 0.15) is 17.3 Å². The Morgan fingerprint density at radius 1 is 1.38 bits per heavy atom. The van der Waals surface area contributed by atoms with Crippen LogP contribution in [0.15, 0.2) is 12.1 Å². The van der Waals surface area contributed by atoms with E-state index in [0.29, 0.717) is 22.0 Å². The van der Waals surface area contributed by atoms with Crippen molar-refractivity contribution in [2.24, 2.45) is 0 Å². The summed E-state index contributed by atoms with van der Waals surface area (Å²) in [5.41, 5.74) is 9.38. The summed E-state index contributed by atoms with van der Waals surface area (Å²) in [4.78, 5) is 14.7. The van der Waals surface area contributed by atoms with Crippen molar-refractivity contribution in [3.8, 4) is 5.75 Å². The summed E-state index contributed by atoms with van der Waals surface area (Å²) in [6.45, 7) is 6.64. The van der Waals surface area contributed by atoms with E-state index in [1.165, 1.54) is 13.2 Å². The van der Waals surface area contributed by atoms with Crippen LogP contribution >= 0.6 is 11.6 Å². The van der Waals surface area contributed by atoms with Crippen molar-refractivity contribution in [2.45, 2.75) is 6.92 Å². The van der Waals surface area contributed by atoms with Gasteiger partial charge in [-0.15, -0.1) is 0 Å². The average Bonchev–Trinajstić information content (AvgIpc) is 2.50. The lowest BCUT2D eigenvalue weighted by atomic mass is 10.1. The first-order chi connectivity index (χ1) is 10.0. The number of rotatable bonds is 4. The van der Waals surface area contributed by atoms with E-state index in [0.717, 1.165) is 32.7 Å². The molecule has 1 fully saturated rings. The van der Waals surface area contributed by atoms with Gasteiger partial charge in [-0.2, -0.15) is 0 Å². The average molecular weight is 313 g/mol. The van der Waals surface area contributed by atoms with Gasteiger partial charge in [-0.05, 0) is 12.6 Å². The van der Waals surface area contributed by atoms with Crippen LogP contribution in [0.3, 0.4) is 0 Å². The molecule has 6 nitrogen and oxygen atoms in total. The highest BCUT2D eigenvalue weighted by atomic mass is 35.5. The van der Waals surface area contributed by atoms with Gasteiger partial charge in [0.25, 0.3) is 5.91 Å². The molecule has 0 spiro atoms. The maximum atomic E-state index is 12.4. The highest BCUT2D eigenvalue weighted by Crippen LogP contribution is 2.28. The molecule has 1 saturated heterocycles. The summed E-state index contributed by atoms with van der Waals surface area (Å²) < 4.78 is 5.20. The van der Waals surface area contributed by atoms with Crippen molar-refractivity contribution < 1.29 is 9.53 Å². The van der Waals surface area contributed by atoms with Crippen LogP contribution in [0.25, 0.3) is 0 Å². The summed E-state index contributed by atoms with van der Waals surface area (Å²) in [5, 5.41) is 2.26. The fourth-order valence-corrected chi connectivity index (χ4v) is 2.46. The molecule has 1 amide bonds. The largest absolute Gasteiger partial charge is 0.496 e. The molecule has 0 saturated carbocycles. The quantitative estimate of drug-likeness (QED) is 0.818. The molecule has 3 N–H and O–H groups in total. The minimum atomic E-state index is -0.237. The molecule has 116 valence electrons. The van der Waals surface area contributed by atoms with Crippen molar-refractivity contribution in [3.63, 3.8) is 0 Å². The number of carbonyl (C=O) groups is 1. The van der Waals surface area contributed by atoms with Gasteiger partial charge in [-0.1, -0.05) is 18.5 Å². The van der Waals surface area contributed by atoms with E-state index in [1.807, 2.05) is 5.01 Å². The van der Waals surface area contributed by atoms with Gasteiger partial charge in [0.15, 0.2) is 0 Å². The van der Waals surface area contributed by atoms with E-state index in [1.54, 1.807) is 6.07 Å². The number of hydrogen-bond acceptors (Lipinski definition) is 5. The van der Waals surface area contributed by atoms with Gasteiger partial charge < -0.3 is 15.4 Å². The molecule has 0 radical (unpaired) electrons. The second-order valence-corrected chi connectivity index (χ2v) is 5.34. The highest BCUT2D eigenvalue weighted by Gasteiger charge is 2.20. The van der Waals surface area contributed by atoms with Crippen LogP contribution in [-0.4, -0.2) is 55.6 Å². The Kier molecular flexibility index (Phi) is 5.27. The van der Waals surface area contributed by atoms with Gasteiger partial charge in [0.2, 0.25) is 0 Å². The van der Waals surface area contributed by atoms with Crippen LogP contribution < -0.4 is 15.9 Å². The molecular formula is C14H21ClN4O2. The molecule has 0 atom stereocenters. The Morgan fingerprint density at radius 3 is 2.62 bits per heavy atom. The minimum Gasteiger partial charge on any atom is -0.496 e. The molecule has 0 aromatic heterocycles. The predicted octanol–water partition coefficient (Wildman–Crippen LogP) is 1.21. The molecule has 0 aliphatic carbocycles. The van der Waals surface area contributed by atoms with Crippen molar-refractivity contribution in [3.05, 3.63) is 22.7 Å². The predicted molar refractivity (Wildman–Crippen MR) is 83.6 cm³/mol. The van der Waals surface area contributed by atoms with Gasteiger partial charge in [-0.3, -0.25) is 10.2 Å². The summed E-state index contributed by atoms with van der Waals surface area (Å²) >= 11 is 5.99. The van der Waals surface area contributed by atoms with Crippen molar-refractivity contribution in [1.29, 1.82) is 0 Å². The van der Waals surface area contributed by atoms with Gasteiger partial charge in [-0.25, -0.2) is 5.01 Å². The van der Waals surface area contributed by atoms with Gasteiger partial charge in [0.05, 0.1) is 23.4 Å². The Bertz CT molecular complexity index is 516. The van der Waals surface area contributed by atoms with E-state index in [4.69, 9.17) is 22.1 Å². The minimum absolute atomic E-state index is 0.237. The molecule has 0 bridgehead atoms. The first kappa shape index (κ1) is 15.9. The molecule has 1 heterocycles. The van der Waals surface area contributed by atoms with E-state index in [-0.39, 0.29) is 5.91 Å². The lowest BCUT2D eigenvalue weighted by Gasteiger charge is -2.34. The number of amides is 1. The van der Waals surface area contributed by atoms with Crippen molar-refractivity contribution in [1.82, 2.24) is 15.3 Å². The number of hydrogen-bond donors (Lipinski definition) is 2. The number of nitrogens with zero attached hydrogens (tertiary/aromatic N) is 2. The molecule has 1 aliphatic rings. The molecule has 1 aliphatic heterocycles. The van der Waals surface area contributed by atoms with Crippen molar-refractivity contribution >= 4 is 23.2 Å². The number of methoxy groups -OCH3 is 1. The Labute approximate surface area is 129 Å². The van der Waals surface area contributed by atoms with E-state index >= 15 is 0 Å². The second kappa shape index (κ2) is 6.98. The number of hydrazine groups is 1. The Balaban J connectivity index is 2.05. The monoisotopic (exact) mass is 312 g/mol. The van der Waals surface area contributed by atoms with Crippen LogP contribution in [0, 0.1) is 0 Å². The van der Waals surface area contributed by atoms with E-state index < -0.39 is 0 Å². The summed E-state index contributed by atoms with van der Waals surface area (Å²) in [6.07, 6.45) is 0. The summed E-state index contributed by atoms with van der Waals surface area (Å²) in [5.74, 6) is 0.181.